The van der Waals surface area contributed by atoms with Gasteiger partial charge in [-0.3, -0.25) is 0 Å². The van der Waals surface area contributed by atoms with E-state index < -0.39 is 17.4 Å². The molecule has 0 spiro atoms. The molecule has 1 saturated carbocycles. The van der Waals surface area contributed by atoms with Gasteiger partial charge in [0.05, 0.1) is 33.0 Å². The summed E-state index contributed by atoms with van der Waals surface area (Å²) < 4.78 is 17.5. The Hall–Kier alpha value is -4.20. The third-order valence-electron chi connectivity index (χ3n) is 11.4. The molecule has 0 bridgehead atoms. The second-order valence-corrected chi connectivity index (χ2v) is 16.1. The van der Waals surface area contributed by atoms with Gasteiger partial charge in [0.2, 0.25) is 0 Å². The Kier molecular flexibility index (Phi) is 17.4. The lowest BCUT2D eigenvalue weighted by Crippen LogP contribution is -2.31. The lowest BCUT2D eigenvalue weighted by molar-refractivity contribution is -0.139. The molecule has 0 saturated heterocycles. The molecule has 0 radical (unpaired) electrons. The van der Waals surface area contributed by atoms with Gasteiger partial charge in [-0.1, -0.05) is 95.7 Å². The van der Waals surface area contributed by atoms with Crippen LogP contribution >= 0.6 is 0 Å². The SMILES string of the molecule is C=C(C)C(=O)OCCCc1cc(-c2ccc(-c3ccc(C4CCC(C)CC4)cc3)cc2CC)cc(CCCOC(=O)C(=C)C)c1OCCC(CO)(CO)CCC. The van der Waals surface area contributed by atoms with E-state index in [9.17, 15) is 19.8 Å². The number of esters is 2. The molecule has 1 aliphatic carbocycles. The summed E-state index contributed by atoms with van der Waals surface area (Å²) in [5.41, 5.74) is 9.35. The van der Waals surface area contributed by atoms with Gasteiger partial charge in [0, 0.05) is 16.6 Å². The lowest BCUT2D eigenvalue weighted by atomic mass is 9.79. The Labute approximate surface area is 336 Å². The van der Waals surface area contributed by atoms with E-state index >= 15 is 0 Å². The number of aryl methyl sites for hydroxylation is 3. The molecule has 304 valence electrons. The summed E-state index contributed by atoms with van der Waals surface area (Å²) >= 11 is 0. The number of carbonyl (C=O) groups excluding carboxylic acids is 2. The van der Waals surface area contributed by atoms with Crippen molar-refractivity contribution in [1.29, 1.82) is 0 Å². The number of rotatable bonds is 22. The smallest absolute Gasteiger partial charge is 0.333 e. The summed E-state index contributed by atoms with van der Waals surface area (Å²) in [5, 5.41) is 20.5. The molecule has 0 unspecified atom stereocenters. The molecular weight excluding hydrogens is 701 g/mol. The van der Waals surface area contributed by atoms with Crippen molar-refractivity contribution in [3.05, 3.63) is 101 Å². The molecule has 0 aromatic heterocycles. The summed E-state index contributed by atoms with van der Waals surface area (Å²) in [6.45, 7) is 17.8. The molecule has 3 aromatic rings. The summed E-state index contributed by atoms with van der Waals surface area (Å²) in [4.78, 5) is 24.3. The summed E-state index contributed by atoms with van der Waals surface area (Å²) in [6, 6.07) is 20.3. The van der Waals surface area contributed by atoms with E-state index in [-0.39, 0.29) is 26.4 Å². The van der Waals surface area contributed by atoms with Crippen LogP contribution in [-0.2, 0) is 38.3 Å². The van der Waals surface area contributed by atoms with Crippen LogP contribution in [0.5, 0.6) is 5.75 Å². The van der Waals surface area contributed by atoms with Crippen molar-refractivity contribution in [2.45, 2.75) is 118 Å². The normalized spacial score (nSPS) is 15.6. The van der Waals surface area contributed by atoms with Crippen LogP contribution in [0.25, 0.3) is 22.3 Å². The molecule has 56 heavy (non-hydrogen) atoms. The third kappa shape index (κ3) is 12.4. The molecular formula is C49H66O7. The zero-order chi connectivity index (χ0) is 40.7. The second kappa shape index (κ2) is 21.9. The van der Waals surface area contributed by atoms with Crippen LogP contribution in [0, 0.1) is 11.3 Å². The molecule has 3 aromatic carbocycles. The van der Waals surface area contributed by atoms with Gasteiger partial charge in [0.25, 0.3) is 0 Å². The number of hydrogen-bond acceptors (Lipinski definition) is 7. The summed E-state index contributed by atoms with van der Waals surface area (Å²) in [5.74, 6) is 1.41. The van der Waals surface area contributed by atoms with Gasteiger partial charge in [0.1, 0.15) is 5.75 Å². The van der Waals surface area contributed by atoms with Crippen LogP contribution < -0.4 is 4.74 Å². The minimum absolute atomic E-state index is 0.124. The Bertz CT molecular complexity index is 1700. The minimum atomic E-state index is -0.630. The van der Waals surface area contributed by atoms with Gasteiger partial charge in [-0.15, -0.1) is 0 Å². The number of ether oxygens (including phenoxy) is 3. The van der Waals surface area contributed by atoms with Gasteiger partial charge in [0.15, 0.2) is 0 Å². The Morgan fingerprint density at radius 1 is 0.714 bits per heavy atom. The van der Waals surface area contributed by atoms with Crippen LogP contribution in [-0.4, -0.2) is 55.2 Å². The molecule has 7 heteroatoms. The van der Waals surface area contributed by atoms with Crippen molar-refractivity contribution in [2.24, 2.45) is 11.3 Å². The van der Waals surface area contributed by atoms with Gasteiger partial charge < -0.3 is 24.4 Å². The number of benzene rings is 3. The fourth-order valence-corrected chi connectivity index (χ4v) is 7.85. The first kappa shape index (κ1) is 44.5. The number of aliphatic hydroxyl groups is 2. The van der Waals surface area contributed by atoms with E-state index in [1.165, 1.54) is 47.9 Å². The van der Waals surface area contributed by atoms with Crippen molar-refractivity contribution in [1.82, 2.24) is 0 Å². The van der Waals surface area contributed by atoms with Gasteiger partial charge >= 0.3 is 11.9 Å². The highest BCUT2D eigenvalue weighted by Gasteiger charge is 2.28. The van der Waals surface area contributed by atoms with E-state index in [0.717, 1.165) is 46.8 Å². The summed E-state index contributed by atoms with van der Waals surface area (Å²) in [6.07, 6.45) is 10.4. The van der Waals surface area contributed by atoms with Crippen LogP contribution in [0.4, 0.5) is 0 Å². The zero-order valence-electron chi connectivity index (χ0n) is 34.7. The fraction of sp³-hybridized carbons (Fsp3) is 0.510. The van der Waals surface area contributed by atoms with Crippen LogP contribution in [0.15, 0.2) is 78.9 Å². The molecule has 1 aliphatic rings. The highest BCUT2D eigenvalue weighted by Crippen LogP contribution is 2.39. The molecule has 7 nitrogen and oxygen atoms in total. The largest absolute Gasteiger partial charge is 0.493 e. The highest BCUT2D eigenvalue weighted by atomic mass is 16.5. The second-order valence-electron chi connectivity index (χ2n) is 16.1. The standard InChI is InChI=1S/C49H66O7/c1-8-24-49(32-50,33-51)25-28-54-46-42(12-10-26-55-47(52)34(3)4)30-44(31-43(46)13-11-27-56-48(53)35(5)6)45-23-22-41(29-37(45)9-2)40-20-18-39(19-21-40)38-16-14-36(7)15-17-38/h18-23,29-31,36,38,50-51H,3,5,8-17,24-28,32-33H2,1-2,4,6-7H3. The van der Waals surface area contributed by atoms with Crippen molar-refractivity contribution in [3.63, 3.8) is 0 Å². The fourth-order valence-electron chi connectivity index (χ4n) is 7.85. The number of carbonyl (C=O) groups is 2. The number of hydrogen-bond donors (Lipinski definition) is 2. The van der Waals surface area contributed by atoms with E-state index in [1.54, 1.807) is 13.8 Å². The number of aliphatic hydroxyl groups excluding tert-OH is 2. The highest BCUT2D eigenvalue weighted by molar-refractivity contribution is 5.87. The third-order valence-corrected chi connectivity index (χ3v) is 11.4. The van der Waals surface area contributed by atoms with Crippen LogP contribution in [0.2, 0.25) is 0 Å². The van der Waals surface area contributed by atoms with Crippen molar-refractivity contribution in [3.8, 4) is 28.0 Å². The Morgan fingerprint density at radius 2 is 1.25 bits per heavy atom. The maximum atomic E-state index is 12.2. The molecule has 0 atom stereocenters. The maximum absolute atomic E-state index is 12.2. The maximum Gasteiger partial charge on any atom is 0.333 e. The van der Waals surface area contributed by atoms with Crippen molar-refractivity contribution < 1.29 is 34.0 Å². The van der Waals surface area contributed by atoms with E-state index in [4.69, 9.17) is 14.2 Å². The lowest BCUT2D eigenvalue weighted by Gasteiger charge is -2.30. The first-order valence-corrected chi connectivity index (χ1v) is 20.8. The Balaban J connectivity index is 1.70. The van der Waals surface area contributed by atoms with Gasteiger partial charge in [-0.25, -0.2) is 9.59 Å². The topological polar surface area (TPSA) is 102 Å². The van der Waals surface area contributed by atoms with E-state index in [1.807, 2.05) is 6.92 Å². The summed E-state index contributed by atoms with van der Waals surface area (Å²) in [7, 11) is 0. The first-order chi connectivity index (χ1) is 26.9. The monoisotopic (exact) mass is 766 g/mol. The average Bonchev–Trinajstić information content (AvgIpc) is 3.21. The molecule has 0 aliphatic heterocycles. The van der Waals surface area contributed by atoms with Gasteiger partial charge in [-0.05, 0) is 140 Å². The minimum Gasteiger partial charge on any atom is -0.493 e. The first-order valence-electron chi connectivity index (χ1n) is 20.8. The van der Waals surface area contributed by atoms with E-state index in [2.05, 4.69) is 81.6 Å². The molecule has 2 N–H and O–H groups in total. The van der Waals surface area contributed by atoms with Crippen LogP contribution in [0.3, 0.4) is 0 Å². The zero-order valence-corrected chi connectivity index (χ0v) is 34.7. The van der Waals surface area contributed by atoms with Crippen LogP contribution in [0.1, 0.15) is 121 Å². The van der Waals surface area contributed by atoms with Gasteiger partial charge in [-0.2, -0.15) is 0 Å². The molecule has 1 fully saturated rings. The predicted octanol–water partition coefficient (Wildman–Crippen LogP) is 10.5. The average molecular weight is 767 g/mol. The molecule has 0 heterocycles. The predicted molar refractivity (Wildman–Crippen MR) is 227 cm³/mol. The van der Waals surface area contributed by atoms with Crippen molar-refractivity contribution >= 4 is 11.9 Å². The molecule has 4 rings (SSSR count). The van der Waals surface area contributed by atoms with E-state index in [0.29, 0.717) is 62.2 Å². The van der Waals surface area contributed by atoms with Crippen molar-refractivity contribution in [2.75, 3.05) is 33.0 Å². The Morgan fingerprint density at radius 3 is 1.75 bits per heavy atom. The quantitative estimate of drug-likeness (QED) is 0.0596. The molecule has 0 amide bonds.